The van der Waals surface area contributed by atoms with Crippen molar-refractivity contribution in [1.82, 2.24) is 0 Å². The smallest absolute Gasteiger partial charge is 0.145 e. The lowest BCUT2D eigenvalue weighted by Crippen LogP contribution is -2.29. The van der Waals surface area contributed by atoms with Gasteiger partial charge in [-0.2, -0.15) is 5.14 Å². The van der Waals surface area contributed by atoms with Crippen molar-refractivity contribution in [3.05, 3.63) is 0 Å². The van der Waals surface area contributed by atoms with Crippen LogP contribution < -0.4 is 5.14 Å². The minimum atomic E-state index is -1.06. The second-order valence-corrected chi connectivity index (χ2v) is 3.79. The Morgan fingerprint density at radius 3 is 2.25 bits per heavy atom. The van der Waals surface area contributed by atoms with Gasteiger partial charge in [-0.3, -0.25) is 0 Å². The van der Waals surface area contributed by atoms with Gasteiger partial charge in [-0.25, -0.2) is 0 Å². The zero-order valence-corrected chi connectivity index (χ0v) is 5.83. The summed E-state index contributed by atoms with van der Waals surface area (Å²) in [6.45, 7) is 2.04. The molecule has 0 aliphatic heterocycles. The second kappa shape index (κ2) is 1.90. The summed E-state index contributed by atoms with van der Waals surface area (Å²) in [5.74, 6) is 0. The minimum Gasteiger partial charge on any atom is -0.598 e. The standard InChI is InChI=1S/C5H11NOS/c1-2-5(3-4-5)8(6)7/h2-4,6H2,1H3/t8-/m0/s1. The Kier molecular flexibility index (Phi) is 1.52. The molecular weight excluding hydrogens is 122 g/mol. The molecule has 0 radical (unpaired) electrons. The van der Waals surface area contributed by atoms with Crippen LogP contribution in [0.4, 0.5) is 0 Å². The van der Waals surface area contributed by atoms with Crippen molar-refractivity contribution in [2.45, 2.75) is 30.9 Å². The topological polar surface area (TPSA) is 49.1 Å². The molecule has 8 heavy (non-hydrogen) atoms. The Balaban J connectivity index is 2.41. The highest BCUT2D eigenvalue weighted by Gasteiger charge is 2.51. The molecule has 1 atom stereocenters. The van der Waals surface area contributed by atoms with E-state index in [-0.39, 0.29) is 4.75 Å². The summed E-state index contributed by atoms with van der Waals surface area (Å²) in [6, 6.07) is 0. The molecule has 0 saturated heterocycles. The maximum Gasteiger partial charge on any atom is 0.145 e. The van der Waals surface area contributed by atoms with Gasteiger partial charge in [0.1, 0.15) is 4.75 Å². The van der Waals surface area contributed by atoms with E-state index in [1.165, 1.54) is 0 Å². The highest BCUT2D eigenvalue weighted by Crippen LogP contribution is 2.44. The second-order valence-electron chi connectivity index (χ2n) is 2.33. The molecule has 0 aromatic heterocycles. The quantitative estimate of drug-likeness (QED) is 0.559. The molecule has 1 rings (SSSR count). The zero-order chi connectivity index (χ0) is 6.20. The molecule has 1 saturated carbocycles. The van der Waals surface area contributed by atoms with Gasteiger partial charge in [-0.05, 0) is 6.42 Å². The van der Waals surface area contributed by atoms with E-state index < -0.39 is 11.4 Å². The Hall–Kier alpha value is 0.270. The third-order valence-electron chi connectivity index (χ3n) is 1.88. The van der Waals surface area contributed by atoms with E-state index in [0.717, 1.165) is 19.3 Å². The average molecular weight is 133 g/mol. The Morgan fingerprint density at radius 1 is 1.75 bits per heavy atom. The molecule has 48 valence electrons. The zero-order valence-electron chi connectivity index (χ0n) is 5.02. The Labute approximate surface area is 52.8 Å². The summed E-state index contributed by atoms with van der Waals surface area (Å²) in [4.78, 5) is 0. The van der Waals surface area contributed by atoms with Gasteiger partial charge in [0.2, 0.25) is 0 Å². The first kappa shape index (κ1) is 6.39. The molecule has 0 amide bonds. The van der Waals surface area contributed by atoms with E-state index in [4.69, 9.17) is 5.14 Å². The first-order valence-corrected chi connectivity index (χ1v) is 4.09. The maximum atomic E-state index is 10.6. The third-order valence-corrected chi connectivity index (χ3v) is 3.43. The summed E-state index contributed by atoms with van der Waals surface area (Å²) in [6.07, 6.45) is 3.09. The van der Waals surface area contributed by atoms with E-state index in [2.05, 4.69) is 0 Å². The molecular formula is C5H11NOS. The van der Waals surface area contributed by atoms with Gasteiger partial charge in [0, 0.05) is 24.2 Å². The van der Waals surface area contributed by atoms with E-state index >= 15 is 0 Å². The summed E-state index contributed by atoms with van der Waals surface area (Å²) in [5, 5.41) is 5.22. The molecule has 2 N–H and O–H groups in total. The van der Waals surface area contributed by atoms with Crippen molar-refractivity contribution in [2.75, 3.05) is 0 Å². The van der Waals surface area contributed by atoms with Crippen LogP contribution in [0.25, 0.3) is 0 Å². The van der Waals surface area contributed by atoms with Crippen molar-refractivity contribution < 1.29 is 4.55 Å². The SMILES string of the molecule is CCC1([S@@+](N)[O-])CC1. The van der Waals surface area contributed by atoms with Gasteiger partial charge in [-0.1, -0.05) is 6.92 Å². The molecule has 1 fully saturated rings. The van der Waals surface area contributed by atoms with Crippen molar-refractivity contribution >= 4 is 11.4 Å². The lowest BCUT2D eigenvalue weighted by Gasteiger charge is -2.12. The van der Waals surface area contributed by atoms with E-state index in [0.29, 0.717) is 0 Å². The molecule has 0 bridgehead atoms. The van der Waals surface area contributed by atoms with Crippen LogP contribution >= 0.6 is 0 Å². The molecule has 3 heteroatoms. The van der Waals surface area contributed by atoms with Crippen LogP contribution in [0.15, 0.2) is 0 Å². The van der Waals surface area contributed by atoms with E-state index in [1.807, 2.05) is 6.92 Å². The lowest BCUT2D eigenvalue weighted by molar-refractivity contribution is 0.573. The molecule has 0 aromatic carbocycles. The van der Waals surface area contributed by atoms with Crippen LogP contribution in [-0.2, 0) is 11.4 Å². The predicted molar refractivity (Wildman–Crippen MR) is 34.6 cm³/mol. The molecule has 1 aliphatic rings. The molecule has 0 aromatic rings. The van der Waals surface area contributed by atoms with Gasteiger partial charge >= 0.3 is 0 Å². The van der Waals surface area contributed by atoms with Crippen LogP contribution in [-0.4, -0.2) is 9.30 Å². The van der Waals surface area contributed by atoms with Gasteiger partial charge in [-0.15, -0.1) is 0 Å². The van der Waals surface area contributed by atoms with E-state index in [1.54, 1.807) is 0 Å². The third kappa shape index (κ3) is 0.855. The van der Waals surface area contributed by atoms with Crippen molar-refractivity contribution in [2.24, 2.45) is 5.14 Å². The van der Waals surface area contributed by atoms with Crippen LogP contribution in [0.1, 0.15) is 26.2 Å². The van der Waals surface area contributed by atoms with Gasteiger partial charge in [0.05, 0.1) is 0 Å². The number of rotatable bonds is 2. The van der Waals surface area contributed by atoms with Crippen LogP contribution in [0.3, 0.4) is 0 Å². The Morgan fingerprint density at radius 2 is 2.25 bits per heavy atom. The monoisotopic (exact) mass is 133 g/mol. The lowest BCUT2D eigenvalue weighted by atomic mass is 10.3. The maximum absolute atomic E-state index is 10.6. The van der Waals surface area contributed by atoms with Crippen molar-refractivity contribution in [3.63, 3.8) is 0 Å². The van der Waals surface area contributed by atoms with Crippen molar-refractivity contribution in [3.8, 4) is 0 Å². The van der Waals surface area contributed by atoms with E-state index in [9.17, 15) is 4.55 Å². The summed E-state index contributed by atoms with van der Waals surface area (Å²) in [7, 11) is 0. The molecule has 0 heterocycles. The number of nitrogens with two attached hydrogens (primary N) is 1. The molecule has 0 spiro atoms. The number of hydrogen-bond acceptors (Lipinski definition) is 2. The fourth-order valence-corrected chi connectivity index (χ4v) is 1.63. The average Bonchev–Trinajstić information content (AvgIpc) is 2.44. The van der Waals surface area contributed by atoms with Crippen LogP contribution in [0, 0.1) is 0 Å². The molecule has 2 nitrogen and oxygen atoms in total. The number of hydrogen-bond donors (Lipinski definition) is 1. The fourth-order valence-electron chi connectivity index (χ4n) is 0.836. The van der Waals surface area contributed by atoms with Crippen LogP contribution in [0.5, 0.6) is 0 Å². The molecule has 0 unspecified atom stereocenters. The predicted octanol–water partition coefficient (Wildman–Crippen LogP) is 0.551. The Bertz CT molecular complexity index is 90.4. The molecule has 1 aliphatic carbocycles. The first-order chi connectivity index (χ1) is 3.71. The summed E-state index contributed by atoms with van der Waals surface area (Å²) < 4.78 is 10.7. The first-order valence-electron chi connectivity index (χ1n) is 2.87. The van der Waals surface area contributed by atoms with Gasteiger partial charge in [0.15, 0.2) is 0 Å². The largest absolute Gasteiger partial charge is 0.598 e. The highest BCUT2D eigenvalue weighted by molar-refractivity contribution is 7.90. The normalized spacial score (nSPS) is 27.4. The van der Waals surface area contributed by atoms with Gasteiger partial charge in [0.25, 0.3) is 0 Å². The fraction of sp³-hybridized carbons (Fsp3) is 1.00. The van der Waals surface area contributed by atoms with Crippen molar-refractivity contribution in [1.29, 1.82) is 0 Å². The highest BCUT2D eigenvalue weighted by atomic mass is 32.2. The minimum absolute atomic E-state index is 0.0417. The van der Waals surface area contributed by atoms with Gasteiger partial charge < -0.3 is 4.55 Å². The summed E-state index contributed by atoms with van der Waals surface area (Å²) >= 11 is -1.06. The van der Waals surface area contributed by atoms with Crippen LogP contribution in [0.2, 0.25) is 0 Å². The summed E-state index contributed by atoms with van der Waals surface area (Å²) in [5.41, 5.74) is 0.